The normalized spacial score (nSPS) is 12.6. The van der Waals surface area contributed by atoms with E-state index in [9.17, 15) is 9.59 Å². The summed E-state index contributed by atoms with van der Waals surface area (Å²) in [4.78, 5) is 21.4. The minimum absolute atomic E-state index is 0.336. The quantitative estimate of drug-likeness (QED) is 0.623. The first kappa shape index (κ1) is 14.7. The van der Waals surface area contributed by atoms with Crippen LogP contribution in [0.25, 0.3) is 0 Å². The lowest BCUT2D eigenvalue weighted by atomic mass is 9.99. The van der Waals surface area contributed by atoms with Crippen LogP contribution >= 0.6 is 0 Å². The Morgan fingerprint density at radius 3 is 2.50 bits per heavy atom. The molecular formula is C12H21NO3. The van der Waals surface area contributed by atoms with Crippen LogP contribution in [-0.4, -0.2) is 23.5 Å². The van der Waals surface area contributed by atoms with Gasteiger partial charge in [0.25, 0.3) is 0 Å². The van der Waals surface area contributed by atoms with Crippen LogP contribution in [0.5, 0.6) is 0 Å². The van der Waals surface area contributed by atoms with Crippen LogP contribution in [0.3, 0.4) is 0 Å². The van der Waals surface area contributed by atoms with Crippen LogP contribution in [0.2, 0.25) is 0 Å². The zero-order valence-corrected chi connectivity index (χ0v) is 10.0. The maximum absolute atomic E-state index is 11.2. The highest BCUT2D eigenvalue weighted by Gasteiger charge is 2.06. The van der Waals surface area contributed by atoms with Crippen molar-refractivity contribution < 1.29 is 14.7 Å². The molecule has 0 aromatic rings. The summed E-state index contributed by atoms with van der Waals surface area (Å²) in [5, 5.41) is 11.0. The van der Waals surface area contributed by atoms with Gasteiger partial charge in [-0.1, -0.05) is 33.1 Å². The molecule has 0 saturated carbocycles. The number of carboxylic acids is 1. The van der Waals surface area contributed by atoms with Gasteiger partial charge >= 0.3 is 5.97 Å². The Balaban J connectivity index is 3.83. The Morgan fingerprint density at radius 1 is 1.31 bits per heavy atom. The van der Waals surface area contributed by atoms with Gasteiger partial charge in [-0.05, 0) is 12.3 Å². The Hall–Kier alpha value is -1.32. The Labute approximate surface area is 96.7 Å². The predicted octanol–water partition coefficient (Wildman–Crippen LogP) is 1.96. The second-order valence-electron chi connectivity index (χ2n) is 3.83. The summed E-state index contributed by atoms with van der Waals surface area (Å²) >= 11 is 0. The van der Waals surface area contributed by atoms with Gasteiger partial charge in [0.15, 0.2) is 0 Å². The second-order valence-corrected chi connectivity index (χ2v) is 3.83. The molecule has 0 aliphatic heterocycles. The molecule has 0 bridgehead atoms. The van der Waals surface area contributed by atoms with Crippen molar-refractivity contribution in [2.24, 2.45) is 5.92 Å². The minimum atomic E-state index is -1.10. The van der Waals surface area contributed by atoms with Gasteiger partial charge in [0, 0.05) is 18.7 Å². The number of nitrogens with one attached hydrogen (secondary N) is 1. The molecule has 0 aliphatic rings. The molecule has 0 aromatic carbocycles. The fraction of sp³-hybridized carbons (Fsp3) is 0.667. The molecular weight excluding hydrogens is 206 g/mol. The van der Waals surface area contributed by atoms with E-state index in [0.717, 1.165) is 31.4 Å². The van der Waals surface area contributed by atoms with Gasteiger partial charge < -0.3 is 10.4 Å². The van der Waals surface area contributed by atoms with E-state index >= 15 is 0 Å². The zero-order valence-electron chi connectivity index (χ0n) is 10.0. The first-order valence-corrected chi connectivity index (χ1v) is 5.79. The third kappa shape index (κ3) is 8.03. The summed E-state index contributed by atoms with van der Waals surface area (Å²) in [5.74, 6) is -0.951. The van der Waals surface area contributed by atoms with Gasteiger partial charge in [0.2, 0.25) is 5.91 Å². The Morgan fingerprint density at radius 2 is 2.00 bits per heavy atom. The molecule has 0 aromatic heterocycles. The number of amides is 1. The second kappa shape index (κ2) is 8.95. The van der Waals surface area contributed by atoms with Gasteiger partial charge in [-0.15, -0.1) is 0 Å². The number of carbonyl (C=O) groups is 2. The number of aliphatic carboxylic acids is 1. The summed E-state index contributed by atoms with van der Waals surface area (Å²) in [6.45, 7) is 4.86. The van der Waals surface area contributed by atoms with E-state index in [4.69, 9.17) is 5.11 Å². The van der Waals surface area contributed by atoms with Crippen LogP contribution in [0.1, 0.15) is 39.5 Å². The van der Waals surface area contributed by atoms with E-state index in [0.29, 0.717) is 12.5 Å². The van der Waals surface area contributed by atoms with E-state index in [1.54, 1.807) is 0 Å². The van der Waals surface area contributed by atoms with Crippen molar-refractivity contribution >= 4 is 11.9 Å². The SMILES string of the molecule is CCCCC(CC)CNC(=O)/C=C\C(=O)O. The number of carboxylic acid groups (broad SMARTS) is 1. The van der Waals surface area contributed by atoms with Crippen LogP contribution in [0.15, 0.2) is 12.2 Å². The van der Waals surface area contributed by atoms with Crippen LogP contribution < -0.4 is 5.32 Å². The van der Waals surface area contributed by atoms with Gasteiger partial charge in [-0.2, -0.15) is 0 Å². The third-order valence-corrected chi connectivity index (χ3v) is 2.49. The van der Waals surface area contributed by atoms with Crippen molar-refractivity contribution in [3.05, 3.63) is 12.2 Å². The smallest absolute Gasteiger partial charge is 0.328 e. The molecule has 1 atom stereocenters. The lowest BCUT2D eigenvalue weighted by Crippen LogP contribution is -2.27. The molecule has 1 amide bonds. The molecule has 1 unspecified atom stereocenters. The van der Waals surface area contributed by atoms with Gasteiger partial charge in [-0.25, -0.2) is 4.79 Å². The zero-order chi connectivity index (χ0) is 12.4. The fourth-order valence-corrected chi connectivity index (χ4v) is 1.39. The number of hydrogen-bond donors (Lipinski definition) is 2. The molecule has 4 nitrogen and oxygen atoms in total. The first-order valence-electron chi connectivity index (χ1n) is 5.79. The predicted molar refractivity (Wildman–Crippen MR) is 63.1 cm³/mol. The van der Waals surface area contributed by atoms with Crippen molar-refractivity contribution in [1.82, 2.24) is 5.32 Å². The van der Waals surface area contributed by atoms with E-state index in [1.165, 1.54) is 6.42 Å². The molecule has 0 saturated heterocycles. The third-order valence-electron chi connectivity index (χ3n) is 2.49. The molecule has 92 valence electrons. The topological polar surface area (TPSA) is 66.4 Å². The molecule has 0 spiro atoms. The minimum Gasteiger partial charge on any atom is -0.478 e. The van der Waals surface area contributed by atoms with Crippen LogP contribution in [0.4, 0.5) is 0 Å². The van der Waals surface area contributed by atoms with Crippen molar-refractivity contribution in [1.29, 1.82) is 0 Å². The summed E-state index contributed by atoms with van der Waals surface area (Å²) in [7, 11) is 0. The summed E-state index contributed by atoms with van der Waals surface area (Å²) in [6.07, 6.45) is 6.36. The number of rotatable bonds is 8. The van der Waals surface area contributed by atoms with E-state index in [-0.39, 0.29) is 5.91 Å². The fourth-order valence-electron chi connectivity index (χ4n) is 1.39. The Kier molecular flexibility index (Phi) is 8.21. The van der Waals surface area contributed by atoms with Gasteiger partial charge in [-0.3, -0.25) is 4.79 Å². The van der Waals surface area contributed by atoms with E-state index in [2.05, 4.69) is 19.2 Å². The number of unbranched alkanes of at least 4 members (excludes halogenated alkanes) is 1. The van der Waals surface area contributed by atoms with Crippen molar-refractivity contribution in [2.45, 2.75) is 39.5 Å². The lowest BCUT2D eigenvalue weighted by Gasteiger charge is -2.14. The summed E-state index contributed by atoms with van der Waals surface area (Å²) < 4.78 is 0. The maximum Gasteiger partial charge on any atom is 0.328 e. The molecule has 16 heavy (non-hydrogen) atoms. The molecule has 0 rings (SSSR count). The molecule has 4 heteroatoms. The van der Waals surface area contributed by atoms with E-state index in [1.807, 2.05) is 0 Å². The maximum atomic E-state index is 11.2. The summed E-state index contributed by atoms with van der Waals surface area (Å²) in [6, 6.07) is 0. The highest BCUT2D eigenvalue weighted by Crippen LogP contribution is 2.10. The Bertz CT molecular complexity index is 249. The number of carbonyl (C=O) groups excluding carboxylic acids is 1. The molecule has 0 radical (unpaired) electrons. The highest BCUT2D eigenvalue weighted by molar-refractivity contribution is 5.93. The molecule has 0 aliphatic carbocycles. The van der Waals surface area contributed by atoms with Crippen molar-refractivity contribution in [3.63, 3.8) is 0 Å². The average molecular weight is 227 g/mol. The number of hydrogen-bond acceptors (Lipinski definition) is 2. The summed E-state index contributed by atoms with van der Waals surface area (Å²) in [5.41, 5.74) is 0. The van der Waals surface area contributed by atoms with Gasteiger partial charge in [0.05, 0.1) is 0 Å². The molecule has 0 fully saturated rings. The van der Waals surface area contributed by atoms with Gasteiger partial charge in [0.1, 0.15) is 0 Å². The van der Waals surface area contributed by atoms with Crippen LogP contribution in [-0.2, 0) is 9.59 Å². The largest absolute Gasteiger partial charge is 0.478 e. The van der Waals surface area contributed by atoms with Crippen molar-refractivity contribution in [2.75, 3.05) is 6.54 Å². The highest BCUT2D eigenvalue weighted by atomic mass is 16.4. The molecule has 0 heterocycles. The average Bonchev–Trinajstić information content (AvgIpc) is 2.26. The van der Waals surface area contributed by atoms with Crippen LogP contribution in [0, 0.1) is 5.92 Å². The van der Waals surface area contributed by atoms with Crippen molar-refractivity contribution in [3.8, 4) is 0 Å². The lowest BCUT2D eigenvalue weighted by molar-refractivity contribution is -0.131. The van der Waals surface area contributed by atoms with E-state index < -0.39 is 5.97 Å². The monoisotopic (exact) mass is 227 g/mol. The molecule has 2 N–H and O–H groups in total. The standard InChI is InChI=1S/C12H21NO3/c1-3-5-6-10(4-2)9-13-11(14)7-8-12(15)16/h7-8,10H,3-6,9H2,1-2H3,(H,13,14)(H,15,16)/b8-7-. The first-order chi connectivity index (χ1) is 7.60.